The number of carboxylic acid groups (broad SMARTS) is 1. The second kappa shape index (κ2) is 7.07. The summed E-state index contributed by atoms with van der Waals surface area (Å²) in [5, 5.41) is 20.4. The maximum atomic E-state index is 11.8. The number of hydrogen-bond donors (Lipinski definition) is 3. The molecule has 0 bridgehead atoms. The van der Waals surface area contributed by atoms with Crippen LogP contribution < -0.4 is 5.32 Å². The quantitative estimate of drug-likeness (QED) is 0.623. The van der Waals surface area contributed by atoms with E-state index in [1.54, 1.807) is 0 Å². The van der Waals surface area contributed by atoms with Crippen molar-refractivity contribution in [3.05, 3.63) is 24.0 Å². The van der Waals surface area contributed by atoms with E-state index in [-0.39, 0.29) is 24.2 Å². The molecule has 0 aromatic carbocycles. The molecular formula is C12H14N2O6. The molecule has 8 heteroatoms. The van der Waals surface area contributed by atoms with E-state index in [2.05, 4.69) is 15.0 Å². The van der Waals surface area contributed by atoms with Crippen LogP contribution in [0.2, 0.25) is 0 Å². The summed E-state index contributed by atoms with van der Waals surface area (Å²) in [4.78, 5) is 37.4. The van der Waals surface area contributed by atoms with Crippen LogP contribution in [0.4, 0.5) is 0 Å². The maximum Gasteiger partial charge on any atom is 0.326 e. The minimum atomic E-state index is -1.27. The summed E-state index contributed by atoms with van der Waals surface area (Å²) in [6, 6.07) is -0.0781. The molecule has 1 heterocycles. The van der Waals surface area contributed by atoms with Crippen molar-refractivity contribution in [2.75, 3.05) is 7.11 Å². The third-order valence-corrected chi connectivity index (χ3v) is 2.45. The zero-order valence-corrected chi connectivity index (χ0v) is 10.7. The van der Waals surface area contributed by atoms with Gasteiger partial charge in [0.25, 0.3) is 5.91 Å². The van der Waals surface area contributed by atoms with Gasteiger partial charge < -0.3 is 20.3 Å². The Kier molecular flexibility index (Phi) is 5.45. The summed E-state index contributed by atoms with van der Waals surface area (Å²) >= 11 is 0. The Balaban J connectivity index is 2.68. The van der Waals surface area contributed by atoms with E-state index in [1.165, 1.54) is 13.3 Å². The molecule has 1 atom stereocenters. The Bertz CT molecular complexity index is 516. The number of methoxy groups -OCH3 is 1. The van der Waals surface area contributed by atoms with Crippen molar-refractivity contribution < 1.29 is 29.3 Å². The fourth-order valence-electron chi connectivity index (χ4n) is 1.42. The number of aromatic nitrogens is 1. The van der Waals surface area contributed by atoms with Gasteiger partial charge in [0.05, 0.1) is 18.9 Å². The third-order valence-electron chi connectivity index (χ3n) is 2.45. The van der Waals surface area contributed by atoms with Gasteiger partial charge in [-0.25, -0.2) is 4.79 Å². The minimum Gasteiger partial charge on any atom is -0.506 e. The molecule has 1 aromatic heterocycles. The van der Waals surface area contributed by atoms with Crippen LogP contribution in [0, 0.1) is 0 Å². The SMILES string of the molecule is COC(=O)CC[C@H](NC(=O)c1cncc(O)c1)C(=O)O. The number of amides is 1. The zero-order chi connectivity index (χ0) is 15.1. The number of aliphatic carboxylic acids is 1. The number of carbonyl (C=O) groups excluding carboxylic acids is 2. The molecule has 0 saturated heterocycles. The maximum absolute atomic E-state index is 11.8. The van der Waals surface area contributed by atoms with Gasteiger partial charge in [0.15, 0.2) is 0 Å². The molecule has 0 aliphatic carbocycles. The number of ether oxygens (including phenoxy) is 1. The van der Waals surface area contributed by atoms with Crippen LogP contribution in [0.5, 0.6) is 5.75 Å². The lowest BCUT2D eigenvalue weighted by atomic mass is 10.1. The van der Waals surface area contributed by atoms with Crippen LogP contribution in [0.3, 0.4) is 0 Å². The van der Waals surface area contributed by atoms with Crippen LogP contribution in [0.15, 0.2) is 18.5 Å². The van der Waals surface area contributed by atoms with Gasteiger partial charge in [-0.2, -0.15) is 0 Å². The first-order valence-corrected chi connectivity index (χ1v) is 5.68. The van der Waals surface area contributed by atoms with Gasteiger partial charge in [-0.3, -0.25) is 14.6 Å². The van der Waals surface area contributed by atoms with Crippen molar-refractivity contribution in [3.8, 4) is 5.75 Å². The lowest BCUT2D eigenvalue weighted by Gasteiger charge is -2.13. The Labute approximate surface area is 114 Å². The monoisotopic (exact) mass is 282 g/mol. The highest BCUT2D eigenvalue weighted by molar-refractivity contribution is 5.96. The first kappa shape index (κ1) is 15.4. The first-order chi connectivity index (χ1) is 9.43. The summed E-state index contributed by atoms with van der Waals surface area (Å²) in [7, 11) is 1.19. The van der Waals surface area contributed by atoms with Gasteiger partial charge in [-0.15, -0.1) is 0 Å². The predicted octanol–water partition coefficient (Wildman–Crippen LogP) is -0.0766. The third kappa shape index (κ3) is 4.56. The van der Waals surface area contributed by atoms with Crippen LogP contribution in [-0.4, -0.2) is 46.2 Å². The Morgan fingerprint density at radius 2 is 2.10 bits per heavy atom. The van der Waals surface area contributed by atoms with Crippen LogP contribution >= 0.6 is 0 Å². The molecule has 0 aliphatic rings. The Morgan fingerprint density at radius 1 is 1.40 bits per heavy atom. The number of nitrogens with one attached hydrogen (secondary N) is 1. The Hall–Kier alpha value is -2.64. The fourth-order valence-corrected chi connectivity index (χ4v) is 1.42. The molecule has 0 aliphatic heterocycles. The molecular weight excluding hydrogens is 268 g/mol. The number of aromatic hydroxyl groups is 1. The molecule has 108 valence electrons. The van der Waals surface area contributed by atoms with Crippen molar-refractivity contribution in [2.24, 2.45) is 0 Å². The van der Waals surface area contributed by atoms with E-state index < -0.39 is 23.9 Å². The summed E-state index contributed by atoms with van der Waals surface area (Å²) < 4.78 is 4.40. The average Bonchev–Trinajstić information content (AvgIpc) is 2.42. The summed E-state index contributed by atoms with van der Waals surface area (Å²) in [5.74, 6) is -2.75. The number of carboxylic acids is 1. The molecule has 0 radical (unpaired) electrons. The van der Waals surface area contributed by atoms with Gasteiger partial charge in [-0.1, -0.05) is 0 Å². The molecule has 20 heavy (non-hydrogen) atoms. The van der Waals surface area contributed by atoms with Crippen molar-refractivity contribution in [3.63, 3.8) is 0 Å². The van der Waals surface area contributed by atoms with Gasteiger partial charge in [0.1, 0.15) is 11.8 Å². The van der Waals surface area contributed by atoms with Crippen molar-refractivity contribution in [1.82, 2.24) is 10.3 Å². The minimum absolute atomic E-state index is 0.0225. The van der Waals surface area contributed by atoms with E-state index in [0.717, 1.165) is 12.3 Å². The van der Waals surface area contributed by atoms with Gasteiger partial charge in [-0.05, 0) is 12.5 Å². The highest BCUT2D eigenvalue weighted by Gasteiger charge is 2.22. The number of nitrogens with zero attached hydrogens (tertiary/aromatic N) is 1. The average molecular weight is 282 g/mol. The van der Waals surface area contributed by atoms with Crippen LogP contribution in [0.25, 0.3) is 0 Å². The van der Waals surface area contributed by atoms with Crippen LogP contribution in [0.1, 0.15) is 23.2 Å². The van der Waals surface area contributed by atoms with E-state index in [1.807, 2.05) is 0 Å². The highest BCUT2D eigenvalue weighted by atomic mass is 16.5. The van der Waals surface area contributed by atoms with E-state index in [0.29, 0.717) is 0 Å². The molecule has 0 saturated carbocycles. The number of hydrogen-bond acceptors (Lipinski definition) is 6. The van der Waals surface area contributed by atoms with E-state index >= 15 is 0 Å². The largest absolute Gasteiger partial charge is 0.506 e. The highest BCUT2D eigenvalue weighted by Crippen LogP contribution is 2.09. The summed E-state index contributed by atoms with van der Waals surface area (Å²) in [5.41, 5.74) is 0.0225. The molecule has 3 N–H and O–H groups in total. The van der Waals surface area contributed by atoms with E-state index in [9.17, 15) is 19.5 Å². The number of rotatable bonds is 6. The lowest BCUT2D eigenvalue weighted by molar-refractivity contribution is -0.142. The second-order valence-electron chi connectivity index (χ2n) is 3.91. The molecule has 0 spiro atoms. The molecule has 1 aromatic rings. The molecule has 1 rings (SSSR count). The van der Waals surface area contributed by atoms with E-state index in [4.69, 9.17) is 5.11 Å². The lowest BCUT2D eigenvalue weighted by Crippen LogP contribution is -2.41. The molecule has 0 fully saturated rings. The molecule has 1 amide bonds. The topological polar surface area (TPSA) is 126 Å². The fraction of sp³-hybridized carbons (Fsp3) is 0.333. The number of carbonyl (C=O) groups is 3. The molecule has 0 unspecified atom stereocenters. The van der Waals surface area contributed by atoms with Crippen LogP contribution in [-0.2, 0) is 14.3 Å². The standard InChI is InChI=1S/C12H14N2O6/c1-20-10(16)3-2-9(12(18)19)14-11(17)7-4-8(15)6-13-5-7/h4-6,9,15H,2-3H2,1H3,(H,14,17)(H,18,19)/t9-/m0/s1. The zero-order valence-electron chi connectivity index (χ0n) is 10.7. The smallest absolute Gasteiger partial charge is 0.326 e. The second-order valence-corrected chi connectivity index (χ2v) is 3.91. The van der Waals surface area contributed by atoms with Gasteiger partial charge in [0, 0.05) is 12.6 Å². The summed E-state index contributed by atoms with van der Waals surface area (Å²) in [6.07, 6.45) is 2.10. The normalized spacial score (nSPS) is 11.4. The van der Waals surface area contributed by atoms with Gasteiger partial charge in [0.2, 0.25) is 0 Å². The number of esters is 1. The Morgan fingerprint density at radius 3 is 2.65 bits per heavy atom. The van der Waals surface area contributed by atoms with Crippen molar-refractivity contribution >= 4 is 17.8 Å². The number of pyridine rings is 1. The van der Waals surface area contributed by atoms with Gasteiger partial charge >= 0.3 is 11.9 Å². The first-order valence-electron chi connectivity index (χ1n) is 5.68. The van der Waals surface area contributed by atoms with Crippen molar-refractivity contribution in [1.29, 1.82) is 0 Å². The molecule has 8 nitrogen and oxygen atoms in total. The van der Waals surface area contributed by atoms with Crippen molar-refractivity contribution in [2.45, 2.75) is 18.9 Å². The predicted molar refractivity (Wildman–Crippen MR) is 66.0 cm³/mol. The summed E-state index contributed by atoms with van der Waals surface area (Å²) in [6.45, 7) is 0.